The molecule has 1 N–H and O–H groups in total. The average molecular weight is 241 g/mol. The van der Waals surface area contributed by atoms with Gasteiger partial charge in [-0.05, 0) is 13.1 Å². The second kappa shape index (κ2) is 4.58. The molecule has 6 heteroatoms. The standard InChI is InChI=1S/C11H12FNO4/c1-13-4-7(14)6-3-8-11(17-5-16-8)9(12)10(6)15-2/h3,13H,4-5H2,1-2H3. The number of carbonyl (C=O) groups is 1. The third-order valence-corrected chi connectivity index (χ3v) is 2.40. The summed E-state index contributed by atoms with van der Waals surface area (Å²) in [5.41, 5.74) is 0.142. The van der Waals surface area contributed by atoms with Gasteiger partial charge in [0.05, 0.1) is 19.2 Å². The van der Waals surface area contributed by atoms with Crippen LogP contribution in [0.2, 0.25) is 0 Å². The van der Waals surface area contributed by atoms with Crippen LogP contribution in [0.15, 0.2) is 6.07 Å². The smallest absolute Gasteiger partial charge is 0.231 e. The number of carbonyl (C=O) groups excluding carboxylic acids is 1. The highest BCUT2D eigenvalue weighted by atomic mass is 19.1. The van der Waals surface area contributed by atoms with Crippen molar-refractivity contribution < 1.29 is 23.4 Å². The molecule has 0 aliphatic carbocycles. The summed E-state index contributed by atoms with van der Waals surface area (Å²) >= 11 is 0. The topological polar surface area (TPSA) is 56.8 Å². The number of halogens is 1. The minimum atomic E-state index is -0.707. The molecule has 0 unspecified atom stereocenters. The molecule has 92 valence electrons. The molecular weight excluding hydrogens is 229 g/mol. The van der Waals surface area contributed by atoms with Gasteiger partial charge in [0.25, 0.3) is 0 Å². The van der Waals surface area contributed by atoms with E-state index in [0.29, 0.717) is 0 Å². The van der Waals surface area contributed by atoms with Crippen LogP contribution in [0.25, 0.3) is 0 Å². The third kappa shape index (κ3) is 1.91. The summed E-state index contributed by atoms with van der Waals surface area (Å²) in [7, 11) is 2.94. The van der Waals surface area contributed by atoms with Crippen molar-refractivity contribution in [2.75, 3.05) is 27.5 Å². The maximum absolute atomic E-state index is 13.9. The largest absolute Gasteiger partial charge is 0.493 e. The van der Waals surface area contributed by atoms with Crippen molar-refractivity contribution >= 4 is 5.78 Å². The van der Waals surface area contributed by atoms with E-state index in [2.05, 4.69) is 5.32 Å². The van der Waals surface area contributed by atoms with Crippen LogP contribution in [0.5, 0.6) is 17.2 Å². The molecule has 0 atom stereocenters. The Kier molecular flexibility index (Phi) is 3.14. The lowest BCUT2D eigenvalue weighted by Gasteiger charge is -2.10. The summed E-state index contributed by atoms with van der Waals surface area (Å²) in [4.78, 5) is 11.8. The van der Waals surface area contributed by atoms with E-state index in [1.165, 1.54) is 13.2 Å². The summed E-state index contributed by atoms with van der Waals surface area (Å²) in [5.74, 6) is -0.886. The van der Waals surface area contributed by atoms with E-state index in [0.717, 1.165) is 0 Å². The van der Waals surface area contributed by atoms with Crippen LogP contribution in [0.3, 0.4) is 0 Å². The minimum absolute atomic E-state index is 0.0112. The van der Waals surface area contributed by atoms with Gasteiger partial charge in [-0.2, -0.15) is 4.39 Å². The first kappa shape index (κ1) is 11.7. The fourth-order valence-corrected chi connectivity index (χ4v) is 1.65. The number of hydrogen-bond donors (Lipinski definition) is 1. The Morgan fingerprint density at radius 2 is 2.35 bits per heavy atom. The number of rotatable bonds is 4. The number of methoxy groups -OCH3 is 1. The van der Waals surface area contributed by atoms with Gasteiger partial charge in [0.15, 0.2) is 17.3 Å². The highest BCUT2D eigenvalue weighted by molar-refractivity contribution is 6.01. The first-order valence-corrected chi connectivity index (χ1v) is 5.03. The highest BCUT2D eigenvalue weighted by Gasteiger charge is 2.27. The molecule has 0 fully saturated rings. The second-order valence-electron chi connectivity index (χ2n) is 3.46. The van der Waals surface area contributed by atoms with Gasteiger partial charge in [-0.15, -0.1) is 0 Å². The van der Waals surface area contributed by atoms with E-state index in [4.69, 9.17) is 14.2 Å². The fraction of sp³-hybridized carbons (Fsp3) is 0.364. The number of likely N-dealkylation sites (N-methyl/N-ethyl adjacent to an activating group) is 1. The summed E-state index contributed by atoms with van der Waals surface area (Å²) in [5, 5.41) is 2.70. The van der Waals surface area contributed by atoms with Crippen LogP contribution < -0.4 is 19.5 Å². The molecule has 2 rings (SSSR count). The van der Waals surface area contributed by atoms with Crippen molar-refractivity contribution in [3.63, 3.8) is 0 Å². The first-order valence-electron chi connectivity index (χ1n) is 5.03. The third-order valence-electron chi connectivity index (χ3n) is 2.40. The zero-order valence-electron chi connectivity index (χ0n) is 9.50. The van der Waals surface area contributed by atoms with Gasteiger partial charge in [0, 0.05) is 0 Å². The number of fused-ring (bicyclic) bond motifs is 1. The molecule has 0 saturated heterocycles. The zero-order valence-corrected chi connectivity index (χ0v) is 9.50. The number of ketones is 1. The monoisotopic (exact) mass is 241 g/mol. The van der Waals surface area contributed by atoms with E-state index in [1.54, 1.807) is 7.05 Å². The number of ether oxygens (including phenoxy) is 3. The Morgan fingerprint density at radius 3 is 3.00 bits per heavy atom. The lowest BCUT2D eigenvalue weighted by atomic mass is 10.1. The van der Waals surface area contributed by atoms with Crippen molar-refractivity contribution in [3.05, 3.63) is 17.4 Å². The molecule has 17 heavy (non-hydrogen) atoms. The van der Waals surface area contributed by atoms with Crippen LogP contribution in [0.1, 0.15) is 10.4 Å². The normalized spacial score (nSPS) is 12.6. The summed E-state index contributed by atoms with van der Waals surface area (Å²) in [6.45, 7) is 0.0362. The van der Waals surface area contributed by atoms with Crippen LogP contribution in [0.4, 0.5) is 4.39 Å². The van der Waals surface area contributed by atoms with E-state index in [-0.39, 0.29) is 41.9 Å². The van der Waals surface area contributed by atoms with Gasteiger partial charge in [-0.1, -0.05) is 0 Å². The Morgan fingerprint density at radius 1 is 1.59 bits per heavy atom. The van der Waals surface area contributed by atoms with Crippen molar-refractivity contribution in [1.82, 2.24) is 5.32 Å². The lowest BCUT2D eigenvalue weighted by Crippen LogP contribution is -2.19. The molecule has 0 aromatic heterocycles. The number of nitrogens with one attached hydrogen (secondary N) is 1. The molecular formula is C11H12FNO4. The Hall–Kier alpha value is -1.82. The van der Waals surface area contributed by atoms with Gasteiger partial charge >= 0.3 is 0 Å². The van der Waals surface area contributed by atoms with Gasteiger partial charge in [0.1, 0.15) is 0 Å². The molecule has 5 nitrogen and oxygen atoms in total. The minimum Gasteiger partial charge on any atom is -0.493 e. The van der Waals surface area contributed by atoms with Crippen molar-refractivity contribution in [1.29, 1.82) is 0 Å². The predicted molar refractivity (Wildman–Crippen MR) is 57.3 cm³/mol. The van der Waals surface area contributed by atoms with Gasteiger partial charge in [-0.3, -0.25) is 4.79 Å². The molecule has 1 heterocycles. The summed E-state index contributed by atoms with van der Waals surface area (Å²) < 4.78 is 28.9. The van der Waals surface area contributed by atoms with E-state index in [9.17, 15) is 9.18 Å². The molecule has 0 saturated carbocycles. The average Bonchev–Trinajstić information content (AvgIpc) is 2.77. The molecule has 1 aromatic rings. The van der Waals surface area contributed by atoms with Crippen LogP contribution >= 0.6 is 0 Å². The first-order chi connectivity index (χ1) is 8.19. The van der Waals surface area contributed by atoms with Crippen LogP contribution in [0, 0.1) is 5.82 Å². The SMILES string of the molecule is CNCC(=O)c1cc2c(c(F)c1OC)OCO2. The number of Topliss-reactive ketones (excluding diaryl/α,β-unsaturated/α-hetero) is 1. The van der Waals surface area contributed by atoms with Crippen molar-refractivity contribution in [2.24, 2.45) is 0 Å². The summed E-state index contributed by atoms with van der Waals surface area (Å²) in [6.07, 6.45) is 0. The maximum atomic E-state index is 13.9. The summed E-state index contributed by atoms with van der Waals surface area (Å²) in [6, 6.07) is 1.43. The number of hydrogen-bond acceptors (Lipinski definition) is 5. The Labute approximate surface area is 97.5 Å². The van der Waals surface area contributed by atoms with Crippen molar-refractivity contribution in [3.8, 4) is 17.2 Å². The number of benzene rings is 1. The van der Waals surface area contributed by atoms with Gasteiger partial charge < -0.3 is 19.5 Å². The van der Waals surface area contributed by atoms with Crippen LogP contribution in [-0.4, -0.2) is 33.3 Å². The molecule has 0 amide bonds. The van der Waals surface area contributed by atoms with E-state index in [1.807, 2.05) is 0 Å². The molecule has 0 spiro atoms. The Bertz CT molecular complexity index is 461. The molecule has 1 aliphatic heterocycles. The maximum Gasteiger partial charge on any atom is 0.231 e. The fourth-order valence-electron chi connectivity index (χ4n) is 1.65. The highest BCUT2D eigenvalue weighted by Crippen LogP contribution is 2.41. The molecule has 1 aliphatic rings. The molecule has 0 radical (unpaired) electrons. The van der Waals surface area contributed by atoms with Crippen molar-refractivity contribution in [2.45, 2.75) is 0 Å². The lowest BCUT2D eigenvalue weighted by molar-refractivity contribution is 0.0989. The van der Waals surface area contributed by atoms with E-state index >= 15 is 0 Å². The zero-order chi connectivity index (χ0) is 12.4. The Balaban J connectivity index is 2.51. The molecule has 1 aromatic carbocycles. The van der Waals surface area contributed by atoms with Gasteiger partial charge in [-0.25, -0.2) is 0 Å². The molecule has 0 bridgehead atoms. The van der Waals surface area contributed by atoms with Gasteiger partial charge in [0.2, 0.25) is 18.4 Å². The van der Waals surface area contributed by atoms with E-state index < -0.39 is 5.82 Å². The van der Waals surface area contributed by atoms with Crippen LogP contribution in [-0.2, 0) is 0 Å². The second-order valence-corrected chi connectivity index (χ2v) is 3.46. The quantitative estimate of drug-likeness (QED) is 0.796. The predicted octanol–water partition coefficient (Wildman–Crippen LogP) is 0.965.